The lowest BCUT2D eigenvalue weighted by atomic mass is 9.96. The van der Waals surface area contributed by atoms with Crippen molar-refractivity contribution in [3.8, 4) is 0 Å². The number of hydrogen-bond acceptors (Lipinski definition) is 2. The van der Waals surface area contributed by atoms with E-state index in [1.165, 1.54) is 5.56 Å². The summed E-state index contributed by atoms with van der Waals surface area (Å²) in [5.41, 5.74) is 1.23. The molecule has 110 valence electrons. The Balaban J connectivity index is 1.66. The van der Waals surface area contributed by atoms with Crippen LogP contribution in [-0.2, 0) is 16.0 Å². The zero-order chi connectivity index (χ0) is 14.2. The molecule has 2 rings (SSSR count). The average Bonchev–Trinajstić information content (AvgIpc) is 2.52. The number of carbonyl (C=O) groups is 1. The summed E-state index contributed by atoms with van der Waals surface area (Å²) >= 11 is 0. The van der Waals surface area contributed by atoms with Gasteiger partial charge in [0.2, 0.25) is 5.91 Å². The third-order valence-corrected chi connectivity index (χ3v) is 4.11. The van der Waals surface area contributed by atoms with Crippen molar-refractivity contribution in [2.75, 3.05) is 26.8 Å². The van der Waals surface area contributed by atoms with Crippen molar-refractivity contribution in [3.63, 3.8) is 0 Å². The molecular weight excluding hydrogens is 250 g/mol. The minimum atomic E-state index is 0.251. The van der Waals surface area contributed by atoms with Crippen LogP contribution in [0.5, 0.6) is 0 Å². The first-order chi connectivity index (χ1) is 9.75. The number of nitrogens with zero attached hydrogens (tertiary/aromatic N) is 1. The number of carbonyl (C=O) groups excluding carboxylic acids is 1. The first kappa shape index (κ1) is 15.0. The molecule has 0 atom stereocenters. The van der Waals surface area contributed by atoms with Crippen LogP contribution in [0.15, 0.2) is 30.3 Å². The molecule has 3 heteroatoms. The van der Waals surface area contributed by atoms with Gasteiger partial charge in [-0.2, -0.15) is 0 Å². The van der Waals surface area contributed by atoms with Gasteiger partial charge in [-0.3, -0.25) is 4.79 Å². The van der Waals surface area contributed by atoms with Crippen molar-refractivity contribution < 1.29 is 9.53 Å². The number of rotatable bonds is 6. The van der Waals surface area contributed by atoms with Crippen LogP contribution in [0.2, 0.25) is 0 Å². The normalized spacial score (nSPS) is 16.1. The van der Waals surface area contributed by atoms with Gasteiger partial charge in [0, 0.05) is 33.2 Å². The van der Waals surface area contributed by atoms with Gasteiger partial charge in [-0.05, 0) is 37.2 Å². The molecule has 1 saturated heterocycles. The van der Waals surface area contributed by atoms with Gasteiger partial charge in [0.05, 0.1) is 0 Å². The molecule has 1 heterocycles. The van der Waals surface area contributed by atoms with E-state index in [0.29, 0.717) is 6.42 Å². The lowest BCUT2D eigenvalue weighted by Crippen LogP contribution is -2.30. The zero-order valence-electron chi connectivity index (χ0n) is 12.4. The summed E-state index contributed by atoms with van der Waals surface area (Å²) in [6.45, 7) is 2.64. The quantitative estimate of drug-likeness (QED) is 0.799. The molecule has 1 aromatic rings. The Morgan fingerprint density at radius 2 is 1.95 bits per heavy atom. The van der Waals surface area contributed by atoms with E-state index in [1.54, 1.807) is 0 Å². The summed E-state index contributed by atoms with van der Waals surface area (Å²) in [6.07, 6.45) is 4.84. The van der Waals surface area contributed by atoms with Crippen LogP contribution in [0.25, 0.3) is 0 Å². The Morgan fingerprint density at radius 3 is 2.65 bits per heavy atom. The predicted octanol–water partition coefficient (Wildman–Crippen LogP) is 2.89. The fourth-order valence-electron chi connectivity index (χ4n) is 2.62. The van der Waals surface area contributed by atoms with Gasteiger partial charge in [-0.15, -0.1) is 0 Å². The number of amides is 1. The zero-order valence-corrected chi connectivity index (χ0v) is 12.4. The number of ether oxygens (including phenoxy) is 1. The number of benzene rings is 1. The maximum Gasteiger partial charge on any atom is 0.222 e. The van der Waals surface area contributed by atoms with E-state index in [9.17, 15) is 4.79 Å². The van der Waals surface area contributed by atoms with Crippen LogP contribution in [-0.4, -0.2) is 37.6 Å². The molecular formula is C17H25NO2. The summed E-state index contributed by atoms with van der Waals surface area (Å²) in [5, 5.41) is 0. The summed E-state index contributed by atoms with van der Waals surface area (Å²) in [4.78, 5) is 14.0. The second-order valence-electron chi connectivity index (χ2n) is 5.65. The second kappa shape index (κ2) is 8.05. The molecule has 0 radical (unpaired) electrons. The van der Waals surface area contributed by atoms with Gasteiger partial charge in [0.1, 0.15) is 0 Å². The Hall–Kier alpha value is -1.35. The van der Waals surface area contributed by atoms with Gasteiger partial charge >= 0.3 is 0 Å². The number of aryl methyl sites for hydroxylation is 1. The molecule has 20 heavy (non-hydrogen) atoms. The lowest BCUT2D eigenvalue weighted by molar-refractivity contribution is -0.130. The molecule has 0 saturated carbocycles. The predicted molar refractivity (Wildman–Crippen MR) is 80.6 cm³/mol. The van der Waals surface area contributed by atoms with Gasteiger partial charge in [0.15, 0.2) is 0 Å². The van der Waals surface area contributed by atoms with Gasteiger partial charge in [-0.25, -0.2) is 0 Å². The third kappa shape index (κ3) is 4.97. The molecule has 0 aliphatic carbocycles. The van der Waals surface area contributed by atoms with Crippen molar-refractivity contribution in [3.05, 3.63) is 35.9 Å². The molecule has 0 unspecified atom stereocenters. The van der Waals surface area contributed by atoms with E-state index in [2.05, 4.69) is 12.1 Å². The highest BCUT2D eigenvalue weighted by molar-refractivity contribution is 5.76. The highest BCUT2D eigenvalue weighted by atomic mass is 16.5. The maximum absolute atomic E-state index is 12.1. The van der Waals surface area contributed by atoms with Crippen LogP contribution in [0, 0.1) is 5.92 Å². The van der Waals surface area contributed by atoms with Crippen LogP contribution in [0.3, 0.4) is 0 Å². The molecule has 1 aromatic carbocycles. The topological polar surface area (TPSA) is 29.5 Å². The van der Waals surface area contributed by atoms with Crippen molar-refractivity contribution >= 4 is 5.91 Å². The van der Waals surface area contributed by atoms with Gasteiger partial charge in [-0.1, -0.05) is 30.3 Å². The van der Waals surface area contributed by atoms with Crippen molar-refractivity contribution in [1.82, 2.24) is 4.90 Å². The van der Waals surface area contributed by atoms with E-state index in [-0.39, 0.29) is 5.91 Å². The summed E-state index contributed by atoms with van der Waals surface area (Å²) in [7, 11) is 1.92. The maximum atomic E-state index is 12.1. The third-order valence-electron chi connectivity index (χ3n) is 4.11. The minimum absolute atomic E-state index is 0.251. The molecule has 3 nitrogen and oxygen atoms in total. The van der Waals surface area contributed by atoms with E-state index < -0.39 is 0 Å². The molecule has 1 aliphatic rings. The summed E-state index contributed by atoms with van der Waals surface area (Å²) in [5.74, 6) is 0.981. The first-order valence-corrected chi connectivity index (χ1v) is 7.61. The molecule has 0 aromatic heterocycles. The van der Waals surface area contributed by atoms with Crippen LogP contribution in [0.4, 0.5) is 0 Å². The average molecular weight is 275 g/mol. The van der Waals surface area contributed by atoms with Crippen molar-refractivity contribution in [2.24, 2.45) is 5.92 Å². The standard InChI is InChI=1S/C17H25NO2/c1-18(12-9-16-10-13-20-14-11-16)17(19)8-7-15-5-3-2-4-6-15/h2-6,16H,7-14H2,1H3. The van der Waals surface area contributed by atoms with Crippen LogP contribution >= 0.6 is 0 Å². The van der Waals surface area contributed by atoms with Crippen LogP contribution < -0.4 is 0 Å². The Labute approximate surface area is 121 Å². The Bertz CT molecular complexity index is 399. The highest BCUT2D eigenvalue weighted by Gasteiger charge is 2.16. The lowest BCUT2D eigenvalue weighted by Gasteiger charge is -2.25. The highest BCUT2D eigenvalue weighted by Crippen LogP contribution is 2.18. The van der Waals surface area contributed by atoms with Crippen molar-refractivity contribution in [1.29, 1.82) is 0 Å². The summed E-state index contributed by atoms with van der Waals surface area (Å²) in [6, 6.07) is 10.2. The SMILES string of the molecule is CN(CCC1CCOCC1)C(=O)CCc1ccccc1. The molecule has 0 N–H and O–H groups in total. The molecule has 0 bridgehead atoms. The van der Waals surface area contributed by atoms with E-state index >= 15 is 0 Å². The first-order valence-electron chi connectivity index (χ1n) is 7.61. The van der Waals surface area contributed by atoms with E-state index in [1.807, 2.05) is 30.1 Å². The second-order valence-corrected chi connectivity index (χ2v) is 5.65. The molecule has 1 aliphatic heterocycles. The Morgan fingerprint density at radius 1 is 1.25 bits per heavy atom. The van der Waals surface area contributed by atoms with Crippen LogP contribution in [0.1, 0.15) is 31.2 Å². The minimum Gasteiger partial charge on any atom is -0.381 e. The van der Waals surface area contributed by atoms with E-state index in [4.69, 9.17) is 4.74 Å². The van der Waals surface area contributed by atoms with Gasteiger partial charge < -0.3 is 9.64 Å². The van der Waals surface area contributed by atoms with Gasteiger partial charge in [0.25, 0.3) is 0 Å². The smallest absolute Gasteiger partial charge is 0.222 e. The summed E-state index contributed by atoms with van der Waals surface area (Å²) < 4.78 is 5.36. The fourth-order valence-corrected chi connectivity index (χ4v) is 2.62. The monoisotopic (exact) mass is 275 g/mol. The molecule has 1 fully saturated rings. The largest absolute Gasteiger partial charge is 0.381 e. The molecule has 1 amide bonds. The number of hydrogen-bond donors (Lipinski definition) is 0. The molecule has 0 spiro atoms. The Kier molecular flexibility index (Phi) is 6.06. The van der Waals surface area contributed by atoms with E-state index in [0.717, 1.165) is 51.4 Å². The van der Waals surface area contributed by atoms with Crippen molar-refractivity contribution in [2.45, 2.75) is 32.1 Å². The fraction of sp³-hybridized carbons (Fsp3) is 0.588.